The Hall–Kier alpha value is -2.36. The number of hydrogen-bond donors (Lipinski definition) is 1. The molecule has 2 aromatic carbocycles. The highest BCUT2D eigenvalue weighted by atomic mass is 35.5. The second-order valence-electron chi connectivity index (χ2n) is 6.31. The number of carbonyl (C=O) groups excluding carboxylic acids is 1. The van der Waals surface area contributed by atoms with Gasteiger partial charge in [0.15, 0.2) is 0 Å². The van der Waals surface area contributed by atoms with Crippen LogP contribution in [0, 0.1) is 0 Å². The van der Waals surface area contributed by atoms with Gasteiger partial charge < -0.3 is 4.90 Å². The van der Waals surface area contributed by atoms with E-state index in [4.69, 9.17) is 16.7 Å². The summed E-state index contributed by atoms with van der Waals surface area (Å²) >= 11 is 5.58. The van der Waals surface area contributed by atoms with Crippen LogP contribution in [0.3, 0.4) is 0 Å². The number of hydrogen-bond acceptors (Lipinski definition) is 3. The highest BCUT2D eigenvalue weighted by Gasteiger charge is 2.33. The summed E-state index contributed by atoms with van der Waals surface area (Å²) in [5, 5.41) is 4.69. The maximum atomic E-state index is 12.9. The number of sulfonamides is 1. The van der Waals surface area contributed by atoms with Gasteiger partial charge in [-0.3, -0.25) is 4.79 Å². The van der Waals surface area contributed by atoms with E-state index in [2.05, 4.69) is 0 Å². The molecule has 0 bridgehead atoms. The van der Waals surface area contributed by atoms with E-state index in [1.165, 1.54) is 42.3 Å². The molecule has 0 saturated carbocycles. The fraction of sp³-hybridized carbons (Fsp3) is 0.211. The Balaban J connectivity index is 2.21. The molecule has 0 aliphatic heterocycles. The maximum Gasteiger partial charge on any atom is 0.417 e. The van der Waals surface area contributed by atoms with Crippen molar-refractivity contribution in [2.75, 3.05) is 7.05 Å². The molecule has 0 aliphatic rings. The van der Waals surface area contributed by atoms with Gasteiger partial charge in [-0.15, -0.1) is 0 Å². The fourth-order valence-corrected chi connectivity index (χ4v) is 3.31. The Labute approximate surface area is 171 Å². The van der Waals surface area contributed by atoms with Gasteiger partial charge in [0.1, 0.15) is 0 Å². The number of carbonyl (C=O) groups is 1. The average molecular weight is 447 g/mol. The van der Waals surface area contributed by atoms with Crippen LogP contribution in [-0.2, 0) is 21.0 Å². The van der Waals surface area contributed by atoms with Crippen LogP contribution >= 0.6 is 11.6 Å². The standard InChI is InChI=1S/C19H18ClF3N2O3S/c1-12(14-4-3-5-15(11-14)29(24,27)28)25(2)18(26)9-7-13-6-8-17(20)16(10-13)19(21,22)23/h3-12H,1-2H3,(H2,24,27,28)/b9-7+. The zero-order valence-electron chi connectivity index (χ0n) is 15.4. The molecule has 5 nitrogen and oxygen atoms in total. The normalized spacial score (nSPS) is 13.5. The van der Waals surface area contributed by atoms with Crippen molar-refractivity contribution < 1.29 is 26.4 Å². The molecule has 0 aromatic heterocycles. The Bertz CT molecular complexity index is 1050. The second kappa shape index (κ2) is 8.56. The summed E-state index contributed by atoms with van der Waals surface area (Å²) in [5.74, 6) is -0.484. The van der Waals surface area contributed by atoms with Gasteiger partial charge in [0.25, 0.3) is 0 Å². The fourth-order valence-electron chi connectivity index (χ4n) is 2.51. The van der Waals surface area contributed by atoms with Gasteiger partial charge >= 0.3 is 6.18 Å². The zero-order chi connectivity index (χ0) is 22.0. The van der Waals surface area contributed by atoms with Crippen molar-refractivity contribution in [1.29, 1.82) is 0 Å². The third kappa shape index (κ3) is 5.81. The molecule has 0 heterocycles. The number of halogens is 4. The zero-order valence-corrected chi connectivity index (χ0v) is 17.0. The van der Waals surface area contributed by atoms with Crippen LogP contribution < -0.4 is 5.14 Å². The molecule has 10 heteroatoms. The molecule has 2 aromatic rings. The first kappa shape index (κ1) is 22.9. The molecule has 0 fully saturated rings. The quantitative estimate of drug-likeness (QED) is 0.697. The Morgan fingerprint density at radius 2 is 1.86 bits per heavy atom. The summed E-state index contributed by atoms with van der Waals surface area (Å²) in [6, 6.07) is 8.66. The number of nitrogens with two attached hydrogens (primary N) is 1. The predicted octanol–water partition coefficient (Wildman–Crippen LogP) is 4.24. The highest BCUT2D eigenvalue weighted by molar-refractivity contribution is 7.89. The van der Waals surface area contributed by atoms with E-state index in [1.54, 1.807) is 13.0 Å². The van der Waals surface area contributed by atoms with Gasteiger partial charge in [-0.05, 0) is 48.4 Å². The third-order valence-corrected chi connectivity index (χ3v) is 5.55. The SMILES string of the molecule is CC(c1cccc(S(N)(=O)=O)c1)N(C)C(=O)/C=C/c1ccc(Cl)c(C(F)(F)F)c1. The lowest BCUT2D eigenvalue weighted by atomic mass is 10.1. The Morgan fingerprint density at radius 1 is 1.21 bits per heavy atom. The van der Waals surface area contributed by atoms with Gasteiger partial charge in [-0.2, -0.15) is 13.2 Å². The van der Waals surface area contributed by atoms with Gasteiger partial charge in [0, 0.05) is 13.1 Å². The molecule has 0 radical (unpaired) electrons. The summed E-state index contributed by atoms with van der Waals surface area (Å²) in [7, 11) is -2.40. The number of nitrogens with zero attached hydrogens (tertiary/aromatic N) is 1. The molecule has 0 aliphatic carbocycles. The van der Waals surface area contributed by atoms with Crippen molar-refractivity contribution in [2.24, 2.45) is 5.14 Å². The first-order chi connectivity index (χ1) is 13.3. The minimum Gasteiger partial charge on any atom is -0.335 e. The number of rotatable bonds is 5. The van der Waals surface area contributed by atoms with Crippen molar-refractivity contribution >= 4 is 33.6 Å². The lowest BCUT2D eigenvalue weighted by Gasteiger charge is -2.24. The van der Waals surface area contributed by atoms with Gasteiger partial charge in [-0.25, -0.2) is 13.6 Å². The van der Waals surface area contributed by atoms with Crippen LogP contribution in [0.4, 0.5) is 13.2 Å². The Kier molecular flexibility index (Phi) is 6.77. The molecule has 0 spiro atoms. The topological polar surface area (TPSA) is 80.5 Å². The molecule has 1 unspecified atom stereocenters. The van der Waals surface area contributed by atoms with Crippen LogP contribution in [0.1, 0.15) is 29.7 Å². The molecule has 156 valence electrons. The molecule has 0 saturated heterocycles. The van der Waals surface area contributed by atoms with E-state index in [0.717, 1.165) is 18.2 Å². The van der Waals surface area contributed by atoms with Gasteiger partial charge in [-0.1, -0.05) is 29.8 Å². The molecular weight excluding hydrogens is 429 g/mol. The van der Waals surface area contributed by atoms with E-state index in [9.17, 15) is 26.4 Å². The molecular formula is C19H18ClF3N2O3S. The first-order valence-corrected chi connectivity index (χ1v) is 10.2. The van der Waals surface area contributed by atoms with E-state index >= 15 is 0 Å². The lowest BCUT2D eigenvalue weighted by Crippen LogP contribution is -2.28. The molecule has 1 atom stereocenters. The average Bonchev–Trinajstić information content (AvgIpc) is 2.64. The van der Waals surface area contributed by atoms with Gasteiger partial charge in [0.05, 0.1) is 21.5 Å². The van der Waals surface area contributed by atoms with E-state index in [1.807, 2.05) is 0 Å². The third-order valence-electron chi connectivity index (χ3n) is 4.31. The monoisotopic (exact) mass is 446 g/mol. The summed E-state index contributed by atoms with van der Waals surface area (Å²) in [5.41, 5.74) is -0.297. The largest absolute Gasteiger partial charge is 0.417 e. The van der Waals surface area contributed by atoms with Crippen LogP contribution in [0.2, 0.25) is 5.02 Å². The van der Waals surface area contributed by atoms with E-state index in [-0.39, 0.29) is 10.5 Å². The van der Waals surface area contributed by atoms with Crippen molar-refractivity contribution in [3.8, 4) is 0 Å². The Morgan fingerprint density at radius 3 is 2.45 bits per heavy atom. The van der Waals surface area contributed by atoms with Crippen molar-refractivity contribution in [1.82, 2.24) is 4.90 Å². The summed E-state index contributed by atoms with van der Waals surface area (Å²) in [6.07, 6.45) is -2.23. The van der Waals surface area contributed by atoms with Crippen molar-refractivity contribution in [3.05, 3.63) is 70.3 Å². The number of amides is 1. The molecule has 2 rings (SSSR count). The van der Waals surface area contributed by atoms with E-state index in [0.29, 0.717) is 5.56 Å². The second-order valence-corrected chi connectivity index (χ2v) is 8.28. The van der Waals surface area contributed by atoms with Gasteiger partial charge in [0.2, 0.25) is 15.9 Å². The maximum absolute atomic E-state index is 12.9. The lowest BCUT2D eigenvalue weighted by molar-refractivity contribution is -0.137. The number of likely N-dealkylation sites (N-methyl/N-ethyl adjacent to an activating group) is 1. The van der Waals surface area contributed by atoms with Crippen LogP contribution in [0.5, 0.6) is 0 Å². The van der Waals surface area contributed by atoms with E-state index < -0.39 is 38.7 Å². The molecule has 2 N–H and O–H groups in total. The van der Waals surface area contributed by atoms with Crippen molar-refractivity contribution in [3.63, 3.8) is 0 Å². The van der Waals surface area contributed by atoms with Crippen molar-refractivity contribution in [2.45, 2.75) is 24.0 Å². The number of benzene rings is 2. The smallest absolute Gasteiger partial charge is 0.335 e. The predicted molar refractivity (Wildman–Crippen MR) is 104 cm³/mol. The minimum atomic E-state index is -4.61. The first-order valence-electron chi connectivity index (χ1n) is 8.25. The molecule has 29 heavy (non-hydrogen) atoms. The minimum absolute atomic E-state index is 0.0842. The summed E-state index contributed by atoms with van der Waals surface area (Å²) in [4.78, 5) is 13.6. The highest BCUT2D eigenvalue weighted by Crippen LogP contribution is 2.35. The van der Waals surface area contributed by atoms with Crippen LogP contribution in [-0.4, -0.2) is 26.3 Å². The summed E-state index contributed by atoms with van der Waals surface area (Å²) in [6.45, 7) is 1.68. The number of alkyl halides is 3. The van der Waals surface area contributed by atoms with Crippen LogP contribution in [0.15, 0.2) is 53.4 Å². The summed E-state index contributed by atoms with van der Waals surface area (Å²) < 4.78 is 61.8. The number of primary sulfonamides is 1. The molecule has 1 amide bonds. The van der Waals surface area contributed by atoms with Crippen LogP contribution in [0.25, 0.3) is 6.08 Å².